The standard InChI is InChI=1S/C14H18ClIN2O3/c1-21-13-9-12(16)11(15)8-10(13)14(20)18-4-2-17(3-5-18)6-7-19/h8-9,19H,2-7H2,1H3. The van der Waals surface area contributed by atoms with Crippen LogP contribution in [0.3, 0.4) is 0 Å². The maximum atomic E-state index is 12.6. The number of methoxy groups -OCH3 is 1. The number of piperazine rings is 1. The largest absolute Gasteiger partial charge is 0.496 e. The maximum Gasteiger partial charge on any atom is 0.257 e. The highest BCUT2D eigenvalue weighted by Gasteiger charge is 2.24. The molecule has 0 radical (unpaired) electrons. The van der Waals surface area contributed by atoms with Gasteiger partial charge in [-0.1, -0.05) is 11.6 Å². The van der Waals surface area contributed by atoms with Crippen LogP contribution in [0.15, 0.2) is 12.1 Å². The number of halogens is 2. The van der Waals surface area contributed by atoms with Crippen molar-refractivity contribution in [1.29, 1.82) is 0 Å². The number of aliphatic hydroxyl groups is 1. The van der Waals surface area contributed by atoms with Gasteiger partial charge in [-0.05, 0) is 34.7 Å². The Hall–Kier alpha value is -0.570. The van der Waals surface area contributed by atoms with Crippen LogP contribution in [0, 0.1) is 3.57 Å². The molecule has 1 fully saturated rings. The van der Waals surface area contributed by atoms with E-state index in [1.54, 1.807) is 24.1 Å². The molecule has 0 bridgehead atoms. The van der Waals surface area contributed by atoms with Crippen molar-refractivity contribution < 1.29 is 14.6 Å². The van der Waals surface area contributed by atoms with Crippen molar-refractivity contribution >= 4 is 40.1 Å². The van der Waals surface area contributed by atoms with Gasteiger partial charge in [-0.2, -0.15) is 0 Å². The molecule has 21 heavy (non-hydrogen) atoms. The Labute approximate surface area is 142 Å². The van der Waals surface area contributed by atoms with Gasteiger partial charge in [0, 0.05) is 36.3 Å². The second kappa shape index (κ2) is 7.62. The summed E-state index contributed by atoms with van der Waals surface area (Å²) in [6.45, 7) is 3.63. The SMILES string of the molecule is COc1cc(I)c(Cl)cc1C(=O)N1CCN(CCO)CC1. The van der Waals surface area contributed by atoms with Crippen LogP contribution in [0.5, 0.6) is 5.75 Å². The zero-order valence-corrected chi connectivity index (χ0v) is 14.7. The number of ether oxygens (including phenoxy) is 1. The predicted molar refractivity (Wildman–Crippen MR) is 90.2 cm³/mol. The molecule has 0 atom stereocenters. The number of carbonyl (C=O) groups excluding carboxylic acids is 1. The predicted octanol–water partition coefficient (Wildman–Crippen LogP) is 1.70. The van der Waals surface area contributed by atoms with E-state index < -0.39 is 0 Å². The van der Waals surface area contributed by atoms with Gasteiger partial charge in [-0.3, -0.25) is 9.69 Å². The molecule has 0 spiro atoms. The molecular weight excluding hydrogens is 407 g/mol. The van der Waals surface area contributed by atoms with E-state index in [9.17, 15) is 4.79 Å². The molecule has 0 aromatic heterocycles. The van der Waals surface area contributed by atoms with E-state index in [0.29, 0.717) is 36.0 Å². The number of amides is 1. The second-order valence-electron chi connectivity index (χ2n) is 4.82. The first-order valence-electron chi connectivity index (χ1n) is 6.72. The first-order valence-corrected chi connectivity index (χ1v) is 8.18. The van der Waals surface area contributed by atoms with Crippen LogP contribution in [0.25, 0.3) is 0 Å². The molecular formula is C14H18ClIN2O3. The third-order valence-corrected chi connectivity index (χ3v) is 5.07. The molecule has 1 saturated heterocycles. The Bertz CT molecular complexity index is 519. The summed E-state index contributed by atoms with van der Waals surface area (Å²) in [5.41, 5.74) is 0.499. The van der Waals surface area contributed by atoms with Crippen LogP contribution in [-0.4, -0.2) is 67.3 Å². The molecule has 2 rings (SSSR count). The third-order valence-electron chi connectivity index (χ3n) is 3.55. The van der Waals surface area contributed by atoms with Crippen molar-refractivity contribution in [3.05, 3.63) is 26.3 Å². The summed E-state index contributed by atoms with van der Waals surface area (Å²) in [6.07, 6.45) is 0. The topological polar surface area (TPSA) is 53.0 Å². The van der Waals surface area contributed by atoms with Gasteiger partial charge in [0.05, 0.1) is 24.3 Å². The van der Waals surface area contributed by atoms with Crippen molar-refractivity contribution in [2.75, 3.05) is 46.4 Å². The summed E-state index contributed by atoms with van der Waals surface area (Å²) >= 11 is 8.23. The van der Waals surface area contributed by atoms with Gasteiger partial charge in [0.15, 0.2) is 0 Å². The van der Waals surface area contributed by atoms with E-state index in [-0.39, 0.29) is 12.5 Å². The molecule has 0 saturated carbocycles. The Morgan fingerprint density at radius 1 is 1.38 bits per heavy atom. The minimum atomic E-state index is -0.0613. The van der Waals surface area contributed by atoms with E-state index in [1.165, 1.54) is 0 Å². The highest BCUT2D eigenvalue weighted by atomic mass is 127. The number of hydrogen-bond donors (Lipinski definition) is 1. The lowest BCUT2D eigenvalue weighted by Crippen LogP contribution is -2.49. The molecule has 1 heterocycles. The molecule has 1 aromatic carbocycles. The fraction of sp³-hybridized carbons (Fsp3) is 0.500. The van der Waals surface area contributed by atoms with Gasteiger partial charge in [0.2, 0.25) is 0 Å². The van der Waals surface area contributed by atoms with Gasteiger partial charge in [0.1, 0.15) is 5.75 Å². The molecule has 116 valence electrons. The first kappa shape index (κ1) is 16.8. The van der Waals surface area contributed by atoms with Gasteiger partial charge in [0.25, 0.3) is 5.91 Å². The Morgan fingerprint density at radius 3 is 2.62 bits per heavy atom. The average molecular weight is 425 g/mol. The lowest BCUT2D eigenvalue weighted by atomic mass is 10.1. The first-order chi connectivity index (χ1) is 10.1. The monoisotopic (exact) mass is 424 g/mol. The zero-order chi connectivity index (χ0) is 15.4. The lowest BCUT2D eigenvalue weighted by Gasteiger charge is -2.34. The quantitative estimate of drug-likeness (QED) is 0.748. The van der Waals surface area contributed by atoms with Crippen molar-refractivity contribution in [3.8, 4) is 5.75 Å². The normalized spacial score (nSPS) is 16.1. The van der Waals surface area contributed by atoms with E-state index in [2.05, 4.69) is 27.5 Å². The number of benzene rings is 1. The lowest BCUT2D eigenvalue weighted by molar-refractivity contribution is 0.0612. The van der Waals surface area contributed by atoms with Crippen molar-refractivity contribution in [2.45, 2.75) is 0 Å². The van der Waals surface area contributed by atoms with Crippen LogP contribution < -0.4 is 4.74 Å². The molecule has 7 heteroatoms. The molecule has 1 aliphatic rings. The minimum Gasteiger partial charge on any atom is -0.496 e. The van der Waals surface area contributed by atoms with E-state index in [0.717, 1.165) is 16.7 Å². The average Bonchev–Trinajstić information content (AvgIpc) is 2.50. The number of hydrogen-bond acceptors (Lipinski definition) is 4. The number of nitrogens with zero attached hydrogens (tertiary/aromatic N) is 2. The maximum absolute atomic E-state index is 12.6. The van der Waals surface area contributed by atoms with Crippen LogP contribution in [0.4, 0.5) is 0 Å². The number of carbonyl (C=O) groups is 1. The van der Waals surface area contributed by atoms with Gasteiger partial charge < -0.3 is 14.7 Å². The summed E-state index contributed by atoms with van der Waals surface area (Å²) in [6, 6.07) is 3.45. The Balaban J connectivity index is 2.12. The van der Waals surface area contributed by atoms with Crippen molar-refractivity contribution in [2.24, 2.45) is 0 Å². The zero-order valence-electron chi connectivity index (χ0n) is 11.8. The molecule has 5 nitrogen and oxygen atoms in total. The minimum absolute atomic E-state index is 0.0613. The summed E-state index contributed by atoms with van der Waals surface area (Å²) in [4.78, 5) is 16.6. The highest BCUT2D eigenvalue weighted by molar-refractivity contribution is 14.1. The molecule has 1 N–H and O–H groups in total. The smallest absolute Gasteiger partial charge is 0.257 e. The van der Waals surface area contributed by atoms with Crippen LogP contribution in [0.2, 0.25) is 5.02 Å². The van der Waals surface area contributed by atoms with Crippen molar-refractivity contribution in [1.82, 2.24) is 9.80 Å². The summed E-state index contributed by atoms with van der Waals surface area (Å²) in [5, 5.41) is 9.50. The van der Waals surface area contributed by atoms with E-state index in [4.69, 9.17) is 21.4 Å². The fourth-order valence-electron chi connectivity index (χ4n) is 2.35. The molecule has 0 aliphatic carbocycles. The van der Waals surface area contributed by atoms with Gasteiger partial charge >= 0.3 is 0 Å². The van der Waals surface area contributed by atoms with Crippen LogP contribution in [0.1, 0.15) is 10.4 Å². The summed E-state index contributed by atoms with van der Waals surface area (Å²) in [5.74, 6) is 0.486. The third kappa shape index (κ3) is 4.00. The Kier molecular flexibility index (Phi) is 6.09. The van der Waals surface area contributed by atoms with Crippen LogP contribution >= 0.6 is 34.2 Å². The summed E-state index contributed by atoms with van der Waals surface area (Å²) in [7, 11) is 1.55. The van der Waals surface area contributed by atoms with Crippen LogP contribution in [-0.2, 0) is 0 Å². The van der Waals surface area contributed by atoms with Gasteiger partial charge in [-0.15, -0.1) is 0 Å². The molecule has 1 aliphatic heterocycles. The van der Waals surface area contributed by atoms with Gasteiger partial charge in [-0.25, -0.2) is 0 Å². The Morgan fingerprint density at radius 2 is 2.05 bits per heavy atom. The van der Waals surface area contributed by atoms with Crippen molar-refractivity contribution in [3.63, 3.8) is 0 Å². The molecule has 1 aromatic rings. The molecule has 0 unspecified atom stereocenters. The highest BCUT2D eigenvalue weighted by Crippen LogP contribution is 2.29. The van der Waals surface area contributed by atoms with E-state index in [1.807, 2.05) is 0 Å². The number of aliphatic hydroxyl groups excluding tert-OH is 1. The second-order valence-corrected chi connectivity index (χ2v) is 6.39. The number of rotatable bonds is 4. The number of β-amino-alcohol motifs (C(OH)–C–C–N with tert-alkyl or cyclic N) is 1. The molecule has 1 amide bonds. The van der Waals surface area contributed by atoms with E-state index >= 15 is 0 Å². The summed E-state index contributed by atoms with van der Waals surface area (Å²) < 4.78 is 6.16. The fourth-order valence-corrected chi connectivity index (χ4v) is 2.95.